The average molecular weight is 414 g/mol. The van der Waals surface area contributed by atoms with Crippen LogP contribution in [-0.2, 0) is 9.53 Å². The molecule has 8 nitrogen and oxygen atoms in total. The highest BCUT2D eigenvalue weighted by Gasteiger charge is 2.45. The van der Waals surface area contributed by atoms with Gasteiger partial charge in [0.15, 0.2) is 5.76 Å². The fraction of sp³-hybridized carbons (Fsp3) is 0.300. The fourth-order valence-corrected chi connectivity index (χ4v) is 4.42. The van der Waals surface area contributed by atoms with Crippen molar-refractivity contribution in [1.29, 1.82) is 0 Å². The second-order valence-corrected chi connectivity index (χ2v) is 7.86. The van der Waals surface area contributed by atoms with E-state index in [-0.39, 0.29) is 23.9 Å². The molecule has 0 radical (unpaired) electrons. The SMILES string of the molecule is O=C(C1=C(O)C(=O)N(C[C@@H]2CCCO2)[C@H]1c1ccc([N+](=O)[O-])cc1)c1cccs1. The molecule has 0 saturated carbocycles. The van der Waals surface area contributed by atoms with Crippen molar-refractivity contribution in [2.45, 2.75) is 25.0 Å². The quantitative estimate of drug-likeness (QED) is 0.441. The number of nitro benzene ring substituents is 1. The lowest BCUT2D eigenvalue weighted by Gasteiger charge is -2.28. The minimum atomic E-state index is -0.831. The molecule has 9 heteroatoms. The standard InChI is InChI=1S/C20H18N2O6S/c23-18(15-4-2-10-29-15)16-17(12-5-7-13(8-6-12)22(26)27)21(20(25)19(16)24)11-14-3-1-9-28-14/h2,4-8,10,14,17,24H,1,3,9,11H2/t14-,17-/m0/s1. The molecule has 1 aromatic heterocycles. The molecular formula is C20H18N2O6S. The number of ketones is 1. The molecule has 1 saturated heterocycles. The van der Waals surface area contributed by atoms with Crippen molar-refractivity contribution < 1.29 is 24.4 Å². The van der Waals surface area contributed by atoms with Gasteiger partial charge in [-0.3, -0.25) is 19.7 Å². The van der Waals surface area contributed by atoms with E-state index in [1.807, 2.05) is 0 Å². The lowest BCUT2D eigenvalue weighted by atomic mass is 9.95. The van der Waals surface area contributed by atoms with E-state index in [0.717, 1.165) is 12.8 Å². The minimum absolute atomic E-state index is 0.00991. The molecule has 1 N–H and O–H groups in total. The number of aliphatic hydroxyl groups excluding tert-OH is 1. The lowest BCUT2D eigenvalue weighted by Crippen LogP contribution is -2.37. The van der Waals surface area contributed by atoms with Gasteiger partial charge in [0.1, 0.15) is 0 Å². The molecule has 1 fully saturated rings. The number of carbonyl (C=O) groups excluding carboxylic acids is 2. The Bertz CT molecular complexity index is 977. The monoisotopic (exact) mass is 414 g/mol. The number of amides is 1. The summed E-state index contributed by atoms with van der Waals surface area (Å²) in [5.41, 5.74) is 0.415. The molecule has 3 heterocycles. The molecule has 2 aromatic rings. The number of benzene rings is 1. The van der Waals surface area contributed by atoms with Gasteiger partial charge in [0, 0.05) is 25.3 Å². The first kappa shape index (κ1) is 19.3. The van der Waals surface area contributed by atoms with Crippen molar-refractivity contribution in [2.24, 2.45) is 0 Å². The van der Waals surface area contributed by atoms with Gasteiger partial charge in [0.2, 0.25) is 5.78 Å². The number of hydrogen-bond donors (Lipinski definition) is 1. The Kier molecular flexibility index (Phi) is 5.16. The Morgan fingerprint density at radius 1 is 1.31 bits per heavy atom. The van der Waals surface area contributed by atoms with Crippen LogP contribution in [-0.4, -0.2) is 45.9 Å². The van der Waals surface area contributed by atoms with Gasteiger partial charge >= 0.3 is 0 Å². The molecule has 1 aromatic carbocycles. The molecule has 0 bridgehead atoms. The van der Waals surface area contributed by atoms with Crippen LogP contribution in [0.2, 0.25) is 0 Å². The first-order valence-electron chi connectivity index (χ1n) is 9.15. The van der Waals surface area contributed by atoms with Crippen LogP contribution in [0.15, 0.2) is 53.1 Å². The Morgan fingerprint density at radius 3 is 2.66 bits per heavy atom. The number of rotatable bonds is 6. The van der Waals surface area contributed by atoms with Crippen molar-refractivity contribution in [3.63, 3.8) is 0 Å². The van der Waals surface area contributed by atoms with Crippen molar-refractivity contribution in [3.05, 3.63) is 73.7 Å². The molecule has 0 aliphatic carbocycles. The first-order chi connectivity index (χ1) is 14.0. The molecular weight excluding hydrogens is 396 g/mol. The van der Waals surface area contributed by atoms with Gasteiger partial charge in [-0.2, -0.15) is 0 Å². The molecule has 29 heavy (non-hydrogen) atoms. The normalized spacial score (nSPS) is 21.8. The molecule has 4 rings (SSSR count). The second kappa shape index (κ2) is 7.76. The summed E-state index contributed by atoms with van der Waals surface area (Å²) in [6.45, 7) is 0.834. The van der Waals surface area contributed by atoms with Crippen molar-refractivity contribution in [1.82, 2.24) is 4.90 Å². The maximum atomic E-state index is 13.1. The van der Waals surface area contributed by atoms with E-state index < -0.39 is 28.4 Å². The third-order valence-electron chi connectivity index (χ3n) is 5.14. The van der Waals surface area contributed by atoms with Crippen LogP contribution in [0.25, 0.3) is 0 Å². The first-order valence-corrected chi connectivity index (χ1v) is 10.0. The molecule has 150 valence electrons. The predicted octanol–water partition coefficient (Wildman–Crippen LogP) is 3.41. The summed E-state index contributed by atoms with van der Waals surface area (Å²) in [6, 6.07) is 8.20. The summed E-state index contributed by atoms with van der Waals surface area (Å²) >= 11 is 1.22. The summed E-state index contributed by atoms with van der Waals surface area (Å²) in [5.74, 6) is -1.64. The van der Waals surface area contributed by atoms with Crippen molar-refractivity contribution in [3.8, 4) is 0 Å². The number of carbonyl (C=O) groups is 2. The Hall–Kier alpha value is -3.04. The van der Waals surface area contributed by atoms with E-state index in [9.17, 15) is 24.8 Å². The molecule has 2 aliphatic rings. The highest BCUT2D eigenvalue weighted by atomic mass is 32.1. The van der Waals surface area contributed by atoms with Gasteiger partial charge < -0.3 is 14.7 Å². The van der Waals surface area contributed by atoms with Gasteiger partial charge in [-0.25, -0.2) is 0 Å². The number of nitro groups is 1. The number of hydrogen-bond acceptors (Lipinski definition) is 7. The third-order valence-corrected chi connectivity index (χ3v) is 6.01. The number of nitrogens with zero attached hydrogens (tertiary/aromatic N) is 2. The minimum Gasteiger partial charge on any atom is -0.503 e. The van der Waals surface area contributed by atoms with Crippen LogP contribution in [0.1, 0.15) is 34.1 Å². The maximum Gasteiger partial charge on any atom is 0.290 e. The van der Waals surface area contributed by atoms with Crippen LogP contribution in [0, 0.1) is 10.1 Å². The Morgan fingerprint density at radius 2 is 2.07 bits per heavy atom. The zero-order valence-electron chi connectivity index (χ0n) is 15.3. The maximum absolute atomic E-state index is 13.1. The van der Waals surface area contributed by atoms with Gasteiger partial charge in [-0.1, -0.05) is 6.07 Å². The lowest BCUT2D eigenvalue weighted by molar-refractivity contribution is -0.384. The third kappa shape index (κ3) is 3.54. The van der Waals surface area contributed by atoms with Gasteiger partial charge in [-0.05, 0) is 42.0 Å². The Labute approximate surface area is 170 Å². The van der Waals surface area contributed by atoms with E-state index in [4.69, 9.17) is 4.74 Å². The van der Waals surface area contributed by atoms with Gasteiger partial charge in [-0.15, -0.1) is 11.3 Å². The van der Waals surface area contributed by atoms with E-state index in [1.54, 1.807) is 17.5 Å². The number of Topliss-reactive ketones (excluding diaryl/α,β-unsaturated/α-hetero) is 1. The molecule has 0 unspecified atom stereocenters. The molecule has 0 spiro atoms. The van der Waals surface area contributed by atoms with Crippen molar-refractivity contribution in [2.75, 3.05) is 13.2 Å². The average Bonchev–Trinajstić information content (AvgIpc) is 3.46. The largest absolute Gasteiger partial charge is 0.503 e. The van der Waals surface area contributed by atoms with Crippen LogP contribution in [0.3, 0.4) is 0 Å². The van der Waals surface area contributed by atoms with Crippen LogP contribution >= 0.6 is 11.3 Å². The van der Waals surface area contributed by atoms with E-state index >= 15 is 0 Å². The Balaban J connectivity index is 1.75. The van der Waals surface area contributed by atoms with Crippen LogP contribution < -0.4 is 0 Å². The number of ether oxygens (including phenoxy) is 1. The van der Waals surface area contributed by atoms with E-state index in [0.29, 0.717) is 17.0 Å². The van der Waals surface area contributed by atoms with Gasteiger partial charge in [0.05, 0.1) is 27.5 Å². The topological polar surface area (TPSA) is 110 Å². The molecule has 2 aliphatic heterocycles. The smallest absolute Gasteiger partial charge is 0.290 e. The number of thiophene rings is 1. The fourth-order valence-electron chi connectivity index (χ4n) is 3.75. The highest BCUT2D eigenvalue weighted by Crippen LogP contribution is 2.40. The van der Waals surface area contributed by atoms with Crippen LogP contribution in [0.5, 0.6) is 0 Å². The summed E-state index contributed by atoms with van der Waals surface area (Å²) < 4.78 is 5.63. The summed E-state index contributed by atoms with van der Waals surface area (Å²) in [6.07, 6.45) is 1.49. The zero-order chi connectivity index (χ0) is 20.5. The molecule has 2 atom stereocenters. The zero-order valence-corrected chi connectivity index (χ0v) is 16.1. The highest BCUT2D eigenvalue weighted by molar-refractivity contribution is 7.12. The number of aliphatic hydroxyl groups is 1. The van der Waals surface area contributed by atoms with Crippen molar-refractivity contribution >= 4 is 28.7 Å². The summed E-state index contributed by atoms with van der Waals surface area (Å²) in [5, 5.41) is 23.3. The van der Waals surface area contributed by atoms with Crippen LogP contribution in [0.4, 0.5) is 5.69 Å². The van der Waals surface area contributed by atoms with E-state index in [2.05, 4.69) is 0 Å². The predicted molar refractivity (Wildman–Crippen MR) is 105 cm³/mol. The number of non-ortho nitro benzene ring substituents is 1. The van der Waals surface area contributed by atoms with Gasteiger partial charge in [0.25, 0.3) is 11.6 Å². The molecule has 1 amide bonds. The summed E-state index contributed by atoms with van der Waals surface area (Å²) in [4.78, 5) is 38.2. The van der Waals surface area contributed by atoms with E-state index in [1.165, 1.54) is 40.5 Å². The second-order valence-electron chi connectivity index (χ2n) is 6.91. The summed E-state index contributed by atoms with van der Waals surface area (Å²) in [7, 11) is 0.